The molecule has 0 aliphatic heterocycles. The minimum absolute atomic E-state index is 0.311. The van der Waals surface area contributed by atoms with E-state index < -0.39 is 0 Å². The van der Waals surface area contributed by atoms with E-state index in [1.165, 1.54) is 5.56 Å². The number of nitrogens with zero attached hydrogens (tertiary/aromatic N) is 5. The van der Waals surface area contributed by atoms with Crippen molar-refractivity contribution in [2.75, 3.05) is 22.9 Å². The van der Waals surface area contributed by atoms with Gasteiger partial charge in [0.25, 0.3) is 0 Å². The highest BCUT2D eigenvalue weighted by molar-refractivity contribution is 5.89. The number of hydrogen-bond acceptors (Lipinski definition) is 9. The van der Waals surface area contributed by atoms with Crippen LogP contribution in [0.15, 0.2) is 42.7 Å². The Kier molecular flexibility index (Phi) is 6.48. The van der Waals surface area contributed by atoms with Gasteiger partial charge < -0.3 is 22.1 Å². The van der Waals surface area contributed by atoms with Gasteiger partial charge in [0, 0.05) is 36.7 Å². The number of aryl methyl sites for hydroxylation is 1. The molecule has 1 aromatic carbocycles. The molecule has 0 unspecified atom stereocenters. The minimum atomic E-state index is 0.311. The quantitative estimate of drug-likeness (QED) is 0.198. The Morgan fingerprint density at radius 3 is 2.76 bits per heavy atom. The topological polar surface area (TPSA) is 156 Å². The van der Waals surface area contributed by atoms with Gasteiger partial charge in [-0.1, -0.05) is 12.1 Å². The van der Waals surface area contributed by atoms with Crippen LogP contribution in [0.25, 0.3) is 22.4 Å². The maximum absolute atomic E-state index is 6.00. The Morgan fingerprint density at radius 1 is 1.03 bits per heavy atom. The molecule has 10 nitrogen and oxygen atoms in total. The molecule has 4 aromatic rings. The molecule has 34 heavy (non-hydrogen) atoms. The van der Waals surface area contributed by atoms with Crippen molar-refractivity contribution >= 4 is 28.6 Å². The van der Waals surface area contributed by atoms with E-state index in [1.54, 1.807) is 12.4 Å². The summed E-state index contributed by atoms with van der Waals surface area (Å²) in [6, 6.07) is 10.5. The summed E-state index contributed by atoms with van der Waals surface area (Å²) in [6.07, 6.45) is 9.52. The summed E-state index contributed by atoms with van der Waals surface area (Å²) in [7, 11) is 0. The Labute approximate surface area is 198 Å². The summed E-state index contributed by atoms with van der Waals surface area (Å²) >= 11 is 0. The van der Waals surface area contributed by atoms with E-state index in [2.05, 4.69) is 46.8 Å². The largest absolute Gasteiger partial charge is 0.399 e. The van der Waals surface area contributed by atoms with E-state index in [0.717, 1.165) is 67.5 Å². The first-order valence-electron chi connectivity index (χ1n) is 11.8. The standard InChI is InChI=1S/C24H30N10/c25-16-6-8-18(9-7-16)30-24-29-14-19-21(33-34-22(19)32-24)20-10-12-28-23(31-20)27-11-2-4-15-3-1-5-17(26)13-15/h1,3,5,10,12-14,16,18H,2,4,6-9,11,25-26H2,(H,27,28,31)(H2,29,30,32,33,34). The molecular weight excluding hydrogens is 428 g/mol. The lowest BCUT2D eigenvalue weighted by Gasteiger charge is -2.26. The van der Waals surface area contributed by atoms with E-state index in [-0.39, 0.29) is 0 Å². The van der Waals surface area contributed by atoms with Crippen molar-refractivity contribution in [3.63, 3.8) is 0 Å². The third-order valence-electron chi connectivity index (χ3n) is 6.20. The van der Waals surface area contributed by atoms with Crippen molar-refractivity contribution in [1.29, 1.82) is 0 Å². The molecule has 1 aliphatic rings. The highest BCUT2D eigenvalue weighted by Crippen LogP contribution is 2.25. The predicted molar refractivity (Wildman–Crippen MR) is 134 cm³/mol. The zero-order chi connectivity index (χ0) is 23.3. The van der Waals surface area contributed by atoms with Gasteiger partial charge in [-0.15, -0.1) is 0 Å². The number of fused-ring (bicyclic) bond motifs is 1. The number of aromatic nitrogens is 6. The molecule has 3 aromatic heterocycles. The van der Waals surface area contributed by atoms with Crippen molar-refractivity contribution in [3.8, 4) is 11.4 Å². The number of hydrogen-bond donors (Lipinski definition) is 5. The third-order valence-corrected chi connectivity index (χ3v) is 6.20. The zero-order valence-corrected chi connectivity index (χ0v) is 19.0. The molecule has 10 heteroatoms. The second-order valence-corrected chi connectivity index (χ2v) is 8.83. The molecule has 0 atom stereocenters. The molecule has 0 radical (unpaired) electrons. The zero-order valence-electron chi connectivity index (χ0n) is 19.0. The second kappa shape index (κ2) is 10.0. The van der Waals surface area contributed by atoms with Crippen LogP contribution in [0.5, 0.6) is 0 Å². The van der Waals surface area contributed by atoms with Crippen LogP contribution in [0, 0.1) is 0 Å². The van der Waals surface area contributed by atoms with Crippen LogP contribution in [0.2, 0.25) is 0 Å². The summed E-state index contributed by atoms with van der Waals surface area (Å²) in [4.78, 5) is 18.1. The van der Waals surface area contributed by atoms with Crippen molar-refractivity contribution < 1.29 is 0 Å². The van der Waals surface area contributed by atoms with Crippen LogP contribution < -0.4 is 22.1 Å². The number of aromatic amines is 1. The first-order chi connectivity index (χ1) is 16.6. The van der Waals surface area contributed by atoms with Gasteiger partial charge in [0.1, 0.15) is 0 Å². The van der Waals surface area contributed by atoms with E-state index in [4.69, 9.17) is 11.5 Å². The van der Waals surface area contributed by atoms with Crippen LogP contribution in [0.4, 0.5) is 17.6 Å². The van der Waals surface area contributed by atoms with E-state index in [0.29, 0.717) is 29.6 Å². The van der Waals surface area contributed by atoms with Gasteiger partial charge in [-0.05, 0) is 62.3 Å². The highest BCUT2D eigenvalue weighted by Gasteiger charge is 2.20. The van der Waals surface area contributed by atoms with Gasteiger partial charge in [0.15, 0.2) is 5.65 Å². The van der Waals surface area contributed by atoms with Gasteiger partial charge in [0.05, 0.1) is 16.8 Å². The number of H-pyrrole nitrogens is 1. The molecule has 0 spiro atoms. The third kappa shape index (κ3) is 5.23. The smallest absolute Gasteiger partial charge is 0.224 e. The summed E-state index contributed by atoms with van der Waals surface area (Å²) in [5.74, 6) is 1.17. The van der Waals surface area contributed by atoms with E-state index in [1.807, 2.05) is 24.3 Å². The lowest BCUT2D eigenvalue weighted by molar-refractivity contribution is 0.410. The summed E-state index contributed by atoms with van der Waals surface area (Å²) in [5, 5.41) is 15.0. The number of rotatable bonds is 8. The average molecular weight is 459 g/mol. The predicted octanol–water partition coefficient (Wildman–Crippen LogP) is 3.12. The molecule has 0 bridgehead atoms. The molecule has 3 heterocycles. The Hall–Kier alpha value is -3.79. The average Bonchev–Trinajstić information content (AvgIpc) is 3.27. The molecular formula is C24H30N10. The lowest BCUT2D eigenvalue weighted by atomic mass is 9.92. The maximum atomic E-state index is 6.00. The molecule has 0 saturated heterocycles. The second-order valence-electron chi connectivity index (χ2n) is 8.83. The van der Waals surface area contributed by atoms with Gasteiger partial charge in [-0.25, -0.2) is 15.0 Å². The van der Waals surface area contributed by atoms with Crippen molar-refractivity contribution in [2.24, 2.45) is 5.73 Å². The van der Waals surface area contributed by atoms with Gasteiger partial charge in [-0.3, -0.25) is 5.10 Å². The number of benzene rings is 1. The van der Waals surface area contributed by atoms with Crippen molar-refractivity contribution in [2.45, 2.75) is 50.6 Å². The fourth-order valence-corrected chi connectivity index (χ4v) is 4.34. The summed E-state index contributed by atoms with van der Waals surface area (Å²) in [5.41, 5.74) is 16.0. The molecule has 7 N–H and O–H groups in total. The fourth-order valence-electron chi connectivity index (χ4n) is 4.34. The normalized spacial score (nSPS) is 18.1. The van der Waals surface area contributed by atoms with Gasteiger partial charge in [0.2, 0.25) is 11.9 Å². The molecule has 5 rings (SSSR count). The highest BCUT2D eigenvalue weighted by atomic mass is 15.2. The fraction of sp³-hybridized carbons (Fsp3) is 0.375. The molecule has 176 valence electrons. The SMILES string of the molecule is Nc1cccc(CCCNc2nccc(-c3[nH]nc4nc(NC5CCC(N)CC5)ncc34)n2)c1. The Balaban J connectivity index is 1.22. The number of nitrogen functional groups attached to an aromatic ring is 1. The molecule has 1 fully saturated rings. The van der Waals surface area contributed by atoms with Crippen LogP contribution in [0.1, 0.15) is 37.7 Å². The monoisotopic (exact) mass is 458 g/mol. The van der Waals surface area contributed by atoms with E-state index in [9.17, 15) is 0 Å². The van der Waals surface area contributed by atoms with Crippen LogP contribution in [-0.2, 0) is 6.42 Å². The number of nitrogens with two attached hydrogens (primary N) is 2. The summed E-state index contributed by atoms with van der Waals surface area (Å²) in [6.45, 7) is 0.756. The van der Waals surface area contributed by atoms with Crippen molar-refractivity contribution in [1.82, 2.24) is 30.1 Å². The van der Waals surface area contributed by atoms with Gasteiger partial charge in [-0.2, -0.15) is 10.1 Å². The lowest BCUT2D eigenvalue weighted by Crippen LogP contribution is -2.33. The van der Waals surface area contributed by atoms with Crippen LogP contribution >= 0.6 is 0 Å². The Bertz CT molecular complexity index is 1250. The number of nitrogens with one attached hydrogen (secondary N) is 3. The van der Waals surface area contributed by atoms with E-state index >= 15 is 0 Å². The number of anilines is 3. The van der Waals surface area contributed by atoms with Crippen molar-refractivity contribution in [3.05, 3.63) is 48.3 Å². The van der Waals surface area contributed by atoms with Gasteiger partial charge >= 0.3 is 0 Å². The molecule has 1 saturated carbocycles. The first kappa shape index (κ1) is 22.0. The van der Waals surface area contributed by atoms with Crippen LogP contribution in [0.3, 0.4) is 0 Å². The Morgan fingerprint density at radius 2 is 1.91 bits per heavy atom. The molecule has 1 aliphatic carbocycles. The first-order valence-corrected chi connectivity index (χ1v) is 11.8. The minimum Gasteiger partial charge on any atom is -0.399 e. The summed E-state index contributed by atoms with van der Waals surface area (Å²) < 4.78 is 0. The van der Waals surface area contributed by atoms with Crippen LogP contribution in [-0.4, -0.2) is 48.8 Å². The molecule has 0 amide bonds. The maximum Gasteiger partial charge on any atom is 0.224 e.